The van der Waals surface area contributed by atoms with Crippen molar-refractivity contribution in [3.63, 3.8) is 0 Å². The number of carbonyl (C=O) groups excluding carboxylic acids is 3. The van der Waals surface area contributed by atoms with Crippen LogP contribution in [-0.4, -0.2) is 42.8 Å². The van der Waals surface area contributed by atoms with Crippen LogP contribution in [0.15, 0.2) is 46.9 Å². The molecule has 0 aromatic heterocycles. The van der Waals surface area contributed by atoms with Crippen molar-refractivity contribution in [3.8, 4) is 0 Å². The Morgan fingerprint density at radius 2 is 1.96 bits per heavy atom. The van der Waals surface area contributed by atoms with E-state index in [9.17, 15) is 18.8 Å². The fourth-order valence-corrected chi connectivity index (χ4v) is 3.02. The third-order valence-electron chi connectivity index (χ3n) is 3.95. The van der Waals surface area contributed by atoms with Gasteiger partial charge in [-0.05, 0) is 30.3 Å². The maximum Gasteiger partial charge on any atom is 0.256 e. The highest BCUT2D eigenvalue weighted by Crippen LogP contribution is 2.25. The predicted octanol–water partition coefficient (Wildman–Crippen LogP) is 2.65. The molecular weight excluding hydrogens is 405 g/mol. The Balaban J connectivity index is 1.85. The number of halogens is 2. The number of hydrogen-bond donors (Lipinski definition) is 1. The van der Waals surface area contributed by atoms with Gasteiger partial charge in [0.2, 0.25) is 11.8 Å². The molecule has 0 atom stereocenters. The zero-order valence-electron chi connectivity index (χ0n) is 13.8. The van der Waals surface area contributed by atoms with Gasteiger partial charge in [-0.25, -0.2) is 4.39 Å². The van der Waals surface area contributed by atoms with E-state index in [-0.39, 0.29) is 24.7 Å². The van der Waals surface area contributed by atoms with Gasteiger partial charge < -0.3 is 15.1 Å². The lowest BCUT2D eigenvalue weighted by molar-refractivity contribution is -0.121. The molecular formula is C18H15BrFN3O3. The predicted molar refractivity (Wildman–Crippen MR) is 98.5 cm³/mol. The van der Waals surface area contributed by atoms with E-state index in [1.807, 2.05) is 0 Å². The second-order valence-corrected chi connectivity index (χ2v) is 6.75. The van der Waals surface area contributed by atoms with Crippen molar-refractivity contribution in [2.45, 2.75) is 0 Å². The number of fused-ring (bicyclic) bond motifs is 1. The molecule has 1 heterocycles. The lowest BCUT2D eigenvalue weighted by Gasteiger charge is -2.21. The molecule has 0 unspecified atom stereocenters. The Kier molecular flexibility index (Phi) is 5.03. The number of anilines is 2. The van der Waals surface area contributed by atoms with Crippen molar-refractivity contribution in [2.75, 3.05) is 30.4 Å². The average molecular weight is 420 g/mol. The first-order chi connectivity index (χ1) is 12.4. The van der Waals surface area contributed by atoms with Crippen molar-refractivity contribution in [1.82, 2.24) is 4.90 Å². The second-order valence-electron chi connectivity index (χ2n) is 5.83. The minimum atomic E-state index is -0.592. The van der Waals surface area contributed by atoms with Gasteiger partial charge in [0.25, 0.3) is 5.91 Å². The molecule has 134 valence electrons. The van der Waals surface area contributed by atoms with E-state index in [1.165, 1.54) is 29.0 Å². The SMILES string of the molecule is CN1CC(=O)N(CC(=O)Nc2ccc(Br)cc2F)c2ccccc2C1=O. The number of para-hydroxylation sites is 1. The summed E-state index contributed by atoms with van der Waals surface area (Å²) < 4.78 is 14.4. The summed E-state index contributed by atoms with van der Waals surface area (Å²) in [5.41, 5.74) is 0.712. The summed E-state index contributed by atoms with van der Waals surface area (Å²) in [6.07, 6.45) is 0. The number of likely N-dealkylation sites (N-methyl/N-ethyl adjacent to an activating group) is 1. The average Bonchev–Trinajstić information content (AvgIpc) is 2.68. The number of hydrogen-bond acceptors (Lipinski definition) is 3. The molecule has 1 aliphatic rings. The van der Waals surface area contributed by atoms with Gasteiger partial charge in [0, 0.05) is 11.5 Å². The summed E-state index contributed by atoms with van der Waals surface area (Å²) in [5, 5.41) is 2.45. The van der Waals surface area contributed by atoms with E-state index in [1.54, 1.807) is 30.3 Å². The third-order valence-corrected chi connectivity index (χ3v) is 4.45. The molecule has 0 radical (unpaired) electrons. The fourth-order valence-electron chi connectivity index (χ4n) is 2.69. The standard InChI is InChI=1S/C18H15BrFN3O3/c1-22-10-17(25)23(15-5-3-2-4-12(15)18(22)26)9-16(24)21-14-7-6-11(19)8-13(14)20/h2-8H,9-10H2,1H3,(H,21,24). The van der Waals surface area contributed by atoms with Gasteiger partial charge in [0.05, 0.1) is 16.9 Å². The van der Waals surface area contributed by atoms with E-state index in [2.05, 4.69) is 21.2 Å². The van der Waals surface area contributed by atoms with Crippen LogP contribution in [-0.2, 0) is 9.59 Å². The molecule has 0 spiro atoms. The maximum absolute atomic E-state index is 13.9. The molecule has 0 bridgehead atoms. The van der Waals surface area contributed by atoms with Crippen molar-refractivity contribution in [2.24, 2.45) is 0 Å². The normalized spacial score (nSPS) is 14.1. The molecule has 26 heavy (non-hydrogen) atoms. The van der Waals surface area contributed by atoms with Gasteiger partial charge >= 0.3 is 0 Å². The van der Waals surface area contributed by atoms with Gasteiger partial charge in [-0.1, -0.05) is 28.1 Å². The van der Waals surface area contributed by atoms with Gasteiger partial charge in [-0.15, -0.1) is 0 Å². The number of amides is 3. The number of nitrogens with one attached hydrogen (secondary N) is 1. The Bertz CT molecular complexity index is 903. The van der Waals surface area contributed by atoms with Crippen LogP contribution in [0, 0.1) is 5.82 Å². The van der Waals surface area contributed by atoms with Crippen LogP contribution in [0.2, 0.25) is 0 Å². The lowest BCUT2D eigenvalue weighted by Crippen LogP contribution is -2.41. The van der Waals surface area contributed by atoms with Crippen LogP contribution in [0.4, 0.5) is 15.8 Å². The maximum atomic E-state index is 13.9. The van der Waals surface area contributed by atoms with Crippen LogP contribution in [0.25, 0.3) is 0 Å². The van der Waals surface area contributed by atoms with Crippen LogP contribution >= 0.6 is 15.9 Å². The second kappa shape index (κ2) is 7.25. The lowest BCUT2D eigenvalue weighted by atomic mass is 10.1. The van der Waals surface area contributed by atoms with Crippen LogP contribution in [0.1, 0.15) is 10.4 Å². The van der Waals surface area contributed by atoms with Crippen LogP contribution in [0.3, 0.4) is 0 Å². The van der Waals surface area contributed by atoms with Gasteiger partial charge in [-0.2, -0.15) is 0 Å². The highest BCUT2D eigenvalue weighted by Gasteiger charge is 2.30. The quantitative estimate of drug-likeness (QED) is 0.830. The van der Waals surface area contributed by atoms with E-state index >= 15 is 0 Å². The number of nitrogens with zero attached hydrogens (tertiary/aromatic N) is 2. The number of rotatable bonds is 3. The van der Waals surface area contributed by atoms with Gasteiger partial charge in [-0.3, -0.25) is 14.4 Å². The summed E-state index contributed by atoms with van der Waals surface area (Å²) >= 11 is 3.15. The van der Waals surface area contributed by atoms with Crippen LogP contribution in [0.5, 0.6) is 0 Å². The Labute approximate surface area is 157 Å². The minimum absolute atomic E-state index is 0.0157. The summed E-state index contributed by atoms with van der Waals surface area (Å²) in [6.45, 7) is -0.472. The zero-order chi connectivity index (χ0) is 18.8. The third kappa shape index (κ3) is 3.60. The zero-order valence-corrected chi connectivity index (χ0v) is 15.4. The van der Waals surface area contributed by atoms with E-state index < -0.39 is 17.6 Å². The first kappa shape index (κ1) is 18.1. The molecule has 1 N–H and O–H groups in total. The molecule has 1 aliphatic heterocycles. The molecule has 6 nitrogen and oxygen atoms in total. The van der Waals surface area contributed by atoms with Crippen molar-refractivity contribution in [3.05, 3.63) is 58.3 Å². The molecule has 0 aliphatic carbocycles. The highest BCUT2D eigenvalue weighted by molar-refractivity contribution is 9.10. The largest absolute Gasteiger partial charge is 0.332 e. The van der Waals surface area contributed by atoms with Crippen molar-refractivity contribution >= 4 is 45.0 Å². The molecule has 2 aromatic rings. The van der Waals surface area contributed by atoms with Crippen molar-refractivity contribution < 1.29 is 18.8 Å². The highest BCUT2D eigenvalue weighted by atomic mass is 79.9. The van der Waals surface area contributed by atoms with Gasteiger partial charge in [0.1, 0.15) is 18.9 Å². The monoisotopic (exact) mass is 419 g/mol. The molecule has 2 aromatic carbocycles. The number of benzene rings is 2. The first-order valence-corrected chi connectivity index (χ1v) is 8.56. The van der Waals surface area contributed by atoms with Crippen molar-refractivity contribution in [1.29, 1.82) is 0 Å². The Morgan fingerprint density at radius 1 is 1.23 bits per heavy atom. The molecule has 3 amide bonds. The first-order valence-electron chi connectivity index (χ1n) is 7.76. The Hall–Kier alpha value is -2.74. The fraction of sp³-hybridized carbons (Fsp3) is 0.167. The van der Waals surface area contributed by atoms with Crippen LogP contribution < -0.4 is 10.2 Å². The smallest absolute Gasteiger partial charge is 0.256 e. The molecule has 0 fully saturated rings. The summed E-state index contributed by atoms with van der Waals surface area (Å²) in [7, 11) is 1.53. The molecule has 0 saturated carbocycles. The summed E-state index contributed by atoms with van der Waals surface area (Å²) in [4.78, 5) is 39.8. The van der Waals surface area contributed by atoms with Gasteiger partial charge in [0.15, 0.2) is 0 Å². The van der Waals surface area contributed by atoms with E-state index in [4.69, 9.17) is 0 Å². The summed E-state index contributed by atoms with van der Waals surface area (Å²) in [6, 6.07) is 10.8. The molecule has 0 saturated heterocycles. The summed E-state index contributed by atoms with van der Waals surface area (Å²) in [5.74, 6) is -1.84. The number of carbonyl (C=O) groups is 3. The van der Waals surface area contributed by atoms with E-state index in [0.29, 0.717) is 15.7 Å². The Morgan fingerprint density at radius 3 is 2.69 bits per heavy atom. The van der Waals surface area contributed by atoms with E-state index in [0.717, 1.165) is 0 Å². The topological polar surface area (TPSA) is 69.7 Å². The minimum Gasteiger partial charge on any atom is -0.332 e. The molecule has 3 rings (SSSR count). The molecule has 8 heteroatoms.